The van der Waals surface area contributed by atoms with Crippen molar-refractivity contribution in [2.24, 2.45) is 0 Å². The molecular formula is C22H26N2O4S. The highest BCUT2D eigenvalue weighted by molar-refractivity contribution is 7.89. The monoisotopic (exact) mass is 414 g/mol. The first-order valence-electron chi connectivity index (χ1n) is 10.1. The van der Waals surface area contributed by atoms with Crippen LogP contribution in [-0.2, 0) is 27.7 Å². The average molecular weight is 415 g/mol. The molecule has 0 saturated carbocycles. The van der Waals surface area contributed by atoms with Gasteiger partial charge in [0.2, 0.25) is 10.0 Å². The van der Waals surface area contributed by atoms with Crippen LogP contribution in [0.15, 0.2) is 53.4 Å². The summed E-state index contributed by atoms with van der Waals surface area (Å²) in [6.07, 6.45) is 2.02. The first kappa shape index (κ1) is 19.9. The van der Waals surface area contributed by atoms with Gasteiger partial charge in [-0.05, 0) is 35.7 Å². The van der Waals surface area contributed by atoms with Crippen molar-refractivity contribution < 1.29 is 17.9 Å². The Morgan fingerprint density at radius 1 is 1.03 bits per heavy atom. The van der Waals surface area contributed by atoms with Gasteiger partial charge in [-0.3, -0.25) is 4.79 Å². The molecule has 154 valence electrons. The van der Waals surface area contributed by atoms with E-state index in [0.29, 0.717) is 37.5 Å². The van der Waals surface area contributed by atoms with Crippen molar-refractivity contribution in [1.29, 1.82) is 0 Å². The molecule has 1 fully saturated rings. The quantitative estimate of drug-likeness (QED) is 0.754. The first-order valence-corrected chi connectivity index (χ1v) is 11.6. The van der Waals surface area contributed by atoms with Crippen molar-refractivity contribution in [1.82, 2.24) is 9.21 Å². The third kappa shape index (κ3) is 4.02. The third-order valence-corrected chi connectivity index (χ3v) is 7.49. The Labute approximate surface area is 172 Å². The van der Waals surface area contributed by atoms with Crippen LogP contribution in [0.2, 0.25) is 0 Å². The van der Waals surface area contributed by atoms with Crippen molar-refractivity contribution in [3.05, 3.63) is 59.7 Å². The number of ether oxygens (including phenoxy) is 1. The molecule has 4 rings (SSSR count). The fourth-order valence-corrected chi connectivity index (χ4v) is 5.36. The van der Waals surface area contributed by atoms with Crippen LogP contribution in [0.3, 0.4) is 0 Å². The molecule has 2 aromatic carbocycles. The minimum absolute atomic E-state index is 0.0674. The number of carbonyl (C=O) groups excluding carboxylic acids is 1. The summed E-state index contributed by atoms with van der Waals surface area (Å²) in [6.45, 7) is 3.44. The maximum atomic E-state index is 12.9. The third-order valence-electron chi connectivity index (χ3n) is 5.57. The second-order valence-electron chi connectivity index (χ2n) is 7.54. The lowest BCUT2D eigenvalue weighted by Crippen LogP contribution is -2.53. The fraction of sp³-hybridized carbons (Fsp3) is 0.409. The number of hydrogen-bond donors (Lipinski definition) is 0. The molecule has 0 N–H and O–H groups in total. The highest BCUT2D eigenvalue weighted by Crippen LogP contribution is 2.29. The first-order chi connectivity index (χ1) is 14.0. The average Bonchev–Trinajstić information content (AvgIpc) is 3.18. The van der Waals surface area contributed by atoms with E-state index >= 15 is 0 Å². The zero-order valence-electron chi connectivity index (χ0n) is 16.6. The predicted octanol–water partition coefficient (Wildman–Crippen LogP) is 2.48. The number of para-hydroxylation sites is 1. The number of nitrogens with zero attached hydrogens (tertiary/aromatic N) is 2. The summed E-state index contributed by atoms with van der Waals surface area (Å²) >= 11 is 0. The van der Waals surface area contributed by atoms with Crippen molar-refractivity contribution in [2.45, 2.75) is 37.2 Å². The number of benzene rings is 2. The molecule has 0 aliphatic carbocycles. The van der Waals surface area contributed by atoms with Gasteiger partial charge in [0.05, 0.1) is 4.90 Å². The second kappa shape index (κ2) is 8.16. The molecular weight excluding hydrogens is 388 g/mol. The standard InChI is InChI=1S/C22H26N2O4S/c1-2-5-17-8-10-19(11-9-17)29(26,27)24-14-12-23(13-15-24)22(25)21-16-18-6-3-4-7-20(18)28-21/h3-4,6-11,21H,2,5,12-16H2,1H3/t21-/m0/s1. The SMILES string of the molecule is CCCc1ccc(S(=O)(=O)N2CCN(C(=O)[C@@H]3Cc4ccccc4O3)CC2)cc1. The normalized spacial score (nSPS) is 19.6. The Hall–Kier alpha value is -2.38. The molecule has 2 aliphatic heterocycles. The van der Waals surface area contributed by atoms with E-state index in [1.54, 1.807) is 17.0 Å². The topological polar surface area (TPSA) is 66.9 Å². The smallest absolute Gasteiger partial charge is 0.264 e. The minimum Gasteiger partial charge on any atom is -0.480 e. The van der Waals surface area contributed by atoms with Gasteiger partial charge in [-0.15, -0.1) is 0 Å². The van der Waals surface area contributed by atoms with Crippen LogP contribution in [0.1, 0.15) is 24.5 Å². The molecule has 29 heavy (non-hydrogen) atoms. The van der Waals surface area contributed by atoms with Crippen LogP contribution >= 0.6 is 0 Å². The number of piperazine rings is 1. The van der Waals surface area contributed by atoms with Crippen molar-refractivity contribution in [2.75, 3.05) is 26.2 Å². The fourth-order valence-electron chi connectivity index (χ4n) is 3.94. The van der Waals surface area contributed by atoms with E-state index in [1.165, 1.54) is 4.31 Å². The molecule has 0 unspecified atom stereocenters. The molecule has 0 bridgehead atoms. The number of amides is 1. The summed E-state index contributed by atoms with van der Waals surface area (Å²) in [5.41, 5.74) is 2.18. The number of carbonyl (C=O) groups is 1. The number of aryl methyl sites for hydroxylation is 1. The van der Waals surface area contributed by atoms with Crippen molar-refractivity contribution >= 4 is 15.9 Å². The Kier molecular flexibility index (Phi) is 5.61. The molecule has 6 nitrogen and oxygen atoms in total. The van der Waals surface area contributed by atoms with E-state index in [1.807, 2.05) is 36.4 Å². The van der Waals surface area contributed by atoms with Gasteiger partial charge in [0.15, 0.2) is 6.10 Å². The number of hydrogen-bond acceptors (Lipinski definition) is 4. The van der Waals surface area contributed by atoms with Gasteiger partial charge in [0.25, 0.3) is 5.91 Å². The van der Waals surface area contributed by atoms with Crippen LogP contribution in [0, 0.1) is 0 Å². The minimum atomic E-state index is -3.54. The molecule has 1 amide bonds. The van der Waals surface area contributed by atoms with Gasteiger partial charge in [0, 0.05) is 32.6 Å². The van der Waals surface area contributed by atoms with E-state index in [0.717, 1.165) is 29.7 Å². The highest BCUT2D eigenvalue weighted by Gasteiger charge is 2.35. The molecule has 0 radical (unpaired) electrons. The van der Waals surface area contributed by atoms with Gasteiger partial charge in [-0.2, -0.15) is 4.31 Å². The van der Waals surface area contributed by atoms with E-state index in [2.05, 4.69) is 6.92 Å². The van der Waals surface area contributed by atoms with E-state index in [4.69, 9.17) is 4.74 Å². The molecule has 2 aromatic rings. The van der Waals surface area contributed by atoms with Crippen LogP contribution in [-0.4, -0.2) is 55.8 Å². The summed E-state index contributed by atoms with van der Waals surface area (Å²) < 4.78 is 33.1. The van der Waals surface area contributed by atoms with Crippen molar-refractivity contribution in [3.63, 3.8) is 0 Å². The lowest BCUT2D eigenvalue weighted by molar-refractivity contribution is -0.139. The van der Waals surface area contributed by atoms with Crippen LogP contribution in [0.25, 0.3) is 0 Å². The Morgan fingerprint density at radius 2 is 1.72 bits per heavy atom. The maximum Gasteiger partial charge on any atom is 0.264 e. The molecule has 0 spiro atoms. The van der Waals surface area contributed by atoms with E-state index in [-0.39, 0.29) is 5.91 Å². The van der Waals surface area contributed by atoms with Crippen LogP contribution < -0.4 is 4.74 Å². The highest BCUT2D eigenvalue weighted by atomic mass is 32.2. The molecule has 1 saturated heterocycles. The predicted molar refractivity (Wildman–Crippen MR) is 110 cm³/mol. The largest absolute Gasteiger partial charge is 0.480 e. The zero-order valence-corrected chi connectivity index (χ0v) is 17.4. The summed E-state index contributed by atoms with van der Waals surface area (Å²) in [4.78, 5) is 14.9. The molecule has 2 aliphatic rings. The van der Waals surface area contributed by atoms with Gasteiger partial charge < -0.3 is 9.64 Å². The summed E-state index contributed by atoms with van der Waals surface area (Å²) in [5, 5.41) is 0. The molecule has 2 heterocycles. The lowest BCUT2D eigenvalue weighted by atomic mass is 10.1. The van der Waals surface area contributed by atoms with Gasteiger partial charge in [-0.1, -0.05) is 43.7 Å². The summed E-state index contributed by atoms with van der Waals surface area (Å²) in [6, 6.07) is 14.8. The lowest BCUT2D eigenvalue weighted by Gasteiger charge is -2.35. The molecule has 7 heteroatoms. The van der Waals surface area contributed by atoms with E-state index < -0.39 is 16.1 Å². The van der Waals surface area contributed by atoms with Crippen molar-refractivity contribution in [3.8, 4) is 5.75 Å². The Bertz CT molecular complexity index is 955. The Morgan fingerprint density at radius 3 is 2.38 bits per heavy atom. The Balaban J connectivity index is 1.37. The molecule has 0 aromatic heterocycles. The second-order valence-corrected chi connectivity index (χ2v) is 9.48. The number of fused-ring (bicyclic) bond motifs is 1. The van der Waals surface area contributed by atoms with Gasteiger partial charge in [-0.25, -0.2) is 8.42 Å². The summed E-state index contributed by atoms with van der Waals surface area (Å²) in [7, 11) is -3.54. The van der Waals surface area contributed by atoms with Gasteiger partial charge in [0.1, 0.15) is 5.75 Å². The maximum absolute atomic E-state index is 12.9. The number of sulfonamides is 1. The summed E-state index contributed by atoms with van der Waals surface area (Å²) in [5.74, 6) is 0.695. The van der Waals surface area contributed by atoms with E-state index in [9.17, 15) is 13.2 Å². The zero-order chi connectivity index (χ0) is 20.4. The van der Waals surface area contributed by atoms with Gasteiger partial charge >= 0.3 is 0 Å². The van der Waals surface area contributed by atoms with Crippen LogP contribution in [0.4, 0.5) is 0 Å². The van der Waals surface area contributed by atoms with Crippen LogP contribution in [0.5, 0.6) is 5.75 Å². The molecule has 1 atom stereocenters. The number of rotatable bonds is 5.